The SMILES string of the molecule is CN=C(NCc1cc(F)ccc1CS(C)(=O)=O)NCc1ccccc1OC(F)(F)F. The first-order valence-corrected chi connectivity index (χ1v) is 10.8. The van der Waals surface area contributed by atoms with E-state index in [0.717, 1.165) is 6.26 Å². The summed E-state index contributed by atoms with van der Waals surface area (Å²) in [6.07, 6.45) is -3.74. The van der Waals surface area contributed by atoms with E-state index in [-0.39, 0.29) is 36.1 Å². The fourth-order valence-electron chi connectivity index (χ4n) is 2.63. The van der Waals surface area contributed by atoms with E-state index in [4.69, 9.17) is 0 Å². The fraction of sp³-hybridized carbons (Fsp3) is 0.316. The minimum absolute atomic E-state index is 0.0225. The molecule has 0 atom stereocenters. The quantitative estimate of drug-likeness (QED) is 0.387. The third kappa shape index (κ3) is 7.90. The maximum Gasteiger partial charge on any atom is 0.573 e. The molecule has 2 rings (SSSR count). The second-order valence-corrected chi connectivity index (χ2v) is 8.56. The van der Waals surface area contributed by atoms with Crippen molar-refractivity contribution in [1.82, 2.24) is 10.6 Å². The van der Waals surface area contributed by atoms with Crippen LogP contribution < -0.4 is 15.4 Å². The normalized spacial score (nSPS) is 12.5. The molecule has 6 nitrogen and oxygen atoms in total. The molecule has 0 saturated carbocycles. The average Bonchev–Trinajstić information content (AvgIpc) is 2.62. The summed E-state index contributed by atoms with van der Waals surface area (Å²) in [7, 11) is -1.87. The summed E-state index contributed by atoms with van der Waals surface area (Å²) in [6, 6.07) is 9.45. The molecule has 11 heteroatoms. The number of benzene rings is 2. The number of ether oxygens (including phenoxy) is 1. The van der Waals surface area contributed by atoms with E-state index in [1.807, 2.05) is 0 Å². The van der Waals surface area contributed by atoms with Crippen LogP contribution in [-0.2, 0) is 28.7 Å². The van der Waals surface area contributed by atoms with Gasteiger partial charge < -0.3 is 15.4 Å². The monoisotopic (exact) mass is 447 g/mol. The Morgan fingerprint density at radius 1 is 1.03 bits per heavy atom. The van der Waals surface area contributed by atoms with E-state index >= 15 is 0 Å². The van der Waals surface area contributed by atoms with E-state index in [0.29, 0.717) is 11.1 Å². The molecular weight excluding hydrogens is 426 g/mol. The molecule has 0 heterocycles. The van der Waals surface area contributed by atoms with Gasteiger partial charge in [0.2, 0.25) is 0 Å². The third-order valence-corrected chi connectivity index (χ3v) is 4.74. The largest absolute Gasteiger partial charge is 0.573 e. The van der Waals surface area contributed by atoms with Crippen molar-refractivity contribution in [3.63, 3.8) is 0 Å². The van der Waals surface area contributed by atoms with Crippen LogP contribution in [0.4, 0.5) is 17.6 Å². The Bertz CT molecular complexity index is 1010. The van der Waals surface area contributed by atoms with Crippen LogP contribution in [0.3, 0.4) is 0 Å². The summed E-state index contributed by atoms with van der Waals surface area (Å²) in [5.74, 6) is -0.886. The molecule has 2 N–H and O–H groups in total. The van der Waals surface area contributed by atoms with E-state index < -0.39 is 22.0 Å². The summed E-state index contributed by atoms with van der Waals surface area (Å²) in [5, 5.41) is 5.74. The molecule has 0 radical (unpaired) electrons. The molecule has 30 heavy (non-hydrogen) atoms. The minimum atomic E-state index is -4.82. The molecule has 0 saturated heterocycles. The zero-order valence-corrected chi connectivity index (χ0v) is 17.1. The lowest BCUT2D eigenvalue weighted by Crippen LogP contribution is -2.36. The van der Waals surface area contributed by atoms with Gasteiger partial charge in [-0.3, -0.25) is 4.99 Å². The van der Waals surface area contributed by atoms with Gasteiger partial charge in [0.1, 0.15) is 11.6 Å². The summed E-state index contributed by atoms with van der Waals surface area (Å²) in [4.78, 5) is 3.97. The number of nitrogens with one attached hydrogen (secondary N) is 2. The molecule has 0 fully saturated rings. The van der Waals surface area contributed by atoms with Crippen LogP contribution in [0.1, 0.15) is 16.7 Å². The number of hydrogen-bond donors (Lipinski definition) is 2. The van der Waals surface area contributed by atoms with Crippen molar-refractivity contribution < 1.29 is 30.7 Å². The highest BCUT2D eigenvalue weighted by atomic mass is 32.2. The Kier molecular flexibility index (Phi) is 7.65. The number of rotatable bonds is 7. The predicted octanol–water partition coefficient (Wildman–Crippen LogP) is 3.13. The van der Waals surface area contributed by atoms with Crippen molar-refractivity contribution in [2.75, 3.05) is 13.3 Å². The number of hydrogen-bond acceptors (Lipinski definition) is 4. The lowest BCUT2D eigenvalue weighted by atomic mass is 10.1. The van der Waals surface area contributed by atoms with Crippen LogP contribution >= 0.6 is 0 Å². The highest BCUT2D eigenvalue weighted by Gasteiger charge is 2.31. The second-order valence-electron chi connectivity index (χ2n) is 6.42. The lowest BCUT2D eigenvalue weighted by molar-refractivity contribution is -0.274. The molecule has 164 valence electrons. The standard InChI is InChI=1S/C19H21F4N3O3S/c1-24-18(25-10-13-5-3-4-6-17(13)29-19(21,22)23)26-11-15-9-16(20)8-7-14(15)12-30(2,27)28/h3-9H,10-12H2,1-2H3,(H2,24,25,26). The van der Waals surface area contributed by atoms with Crippen molar-refractivity contribution in [2.45, 2.75) is 25.2 Å². The van der Waals surface area contributed by atoms with E-state index in [1.165, 1.54) is 43.4 Å². The molecule has 0 spiro atoms. The molecule has 0 aliphatic rings. The van der Waals surface area contributed by atoms with Gasteiger partial charge in [-0.1, -0.05) is 24.3 Å². The highest BCUT2D eigenvalue weighted by Crippen LogP contribution is 2.26. The van der Waals surface area contributed by atoms with E-state index in [1.54, 1.807) is 6.07 Å². The van der Waals surface area contributed by atoms with Gasteiger partial charge in [0.05, 0.1) is 5.75 Å². The smallest absolute Gasteiger partial charge is 0.405 e. The van der Waals surface area contributed by atoms with Crippen LogP contribution in [0.25, 0.3) is 0 Å². The molecule has 0 unspecified atom stereocenters. The third-order valence-electron chi connectivity index (χ3n) is 3.90. The summed E-state index contributed by atoms with van der Waals surface area (Å²) in [5.41, 5.74) is 1.11. The van der Waals surface area contributed by atoms with Gasteiger partial charge in [-0.2, -0.15) is 0 Å². The number of para-hydroxylation sites is 1. The van der Waals surface area contributed by atoms with Crippen molar-refractivity contribution in [1.29, 1.82) is 0 Å². The molecular formula is C19H21F4N3O3S. The lowest BCUT2D eigenvalue weighted by Gasteiger charge is -2.16. The second kappa shape index (κ2) is 9.79. The van der Waals surface area contributed by atoms with Gasteiger partial charge in [-0.05, 0) is 29.3 Å². The first-order chi connectivity index (χ1) is 14.0. The van der Waals surface area contributed by atoms with Crippen molar-refractivity contribution in [3.8, 4) is 5.75 Å². The Balaban J connectivity index is 2.06. The maximum atomic E-state index is 13.6. The van der Waals surface area contributed by atoms with E-state index in [9.17, 15) is 26.0 Å². The number of alkyl halides is 3. The molecule has 0 bridgehead atoms. The number of aliphatic imine (C=N–C) groups is 1. The van der Waals surface area contributed by atoms with Crippen molar-refractivity contribution in [2.24, 2.45) is 4.99 Å². The van der Waals surface area contributed by atoms with E-state index in [2.05, 4.69) is 20.4 Å². The van der Waals surface area contributed by atoms with Gasteiger partial charge in [0, 0.05) is 32.0 Å². The van der Waals surface area contributed by atoms with Crippen LogP contribution in [0.2, 0.25) is 0 Å². The zero-order chi connectivity index (χ0) is 22.4. The molecule has 0 aromatic heterocycles. The number of halogens is 4. The number of sulfone groups is 1. The Morgan fingerprint density at radius 3 is 2.27 bits per heavy atom. The highest BCUT2D eigenvalue weighted by molar-refractivity contribution is 7.89. The van der Waals surface area contributed by atoms with Gasteiger partial charge in [0.25, 0.3) is 0 Å². The van der Waals surface area contributed by atoms with Crippen LogP contribution in [0, 0.1) is 5.82 Å². The molecule has 0 aliphatic heterocycles. The Morgan fingerprint density at radius 2 is 1.67 bits per heavy atom. The summed E-state index contributed by atoms with van der Waals surface area (Å²) in [6.45, 7) is 0.0360. The predicted molar refractivity (Wildman–Crippen MR) is 105 cm³/mol. The number of guanidine groups is 1. The van der Waals surface area contributed by atoms with Gasteiger partial charge in [-0.15, -0.1) is 13.2 Å². The van der Waals surface area contributed by atoms with Gasteiger partial charge in [0.15, 0.2) is 15.8 Å². The van der Waals surface area contributed by atoms with Crippen LogP contribution in [0.15, 0.2) is 47.5 Å². The topological polar surface area (TPSA) is 79.8 Å². The molecule has 0 aliphatic carbocycles. The molecule has 2 aromatic rings. The first kappa shape index (κ1) is 23.5. The van der Waals surface area contributed by atoms with Crippen molar-refractivity contribution in [3.05, 3.63) is 65.0 Å². The average molecular weight is 447 g/mol. The fourth-order valence-corrected chi connectivity index (χ4v) is 3.48. The van der Waals surface area contributed by atoms with Crippen LogP contribution in [0.5, 0.6) is 5.75 Å². The molecule has 2 aromatic carbocycles. The summed E-state index contributed by atoms with van der Waals surface area (Å²) < 4.78 is 78.4. The van der Waals surface area contributed by atoms with Gasteiger partial charge >= 0.3 is 6.36 Å². The first-order valence-electron chi connectivity index (χ1n) is 8.70. The van der Waals surface area contributed by atoms with Crippen molar-refractivity contribution >= 4 is 15.8 Å². The molecule has 0 amide bonds. The Labute approximate surface area is 171 Å². The van der Waals surface area contributed by atoms with Gasteiger partial charge in [-0.25, -0.2) is 12.8 Å². The maximum absolute atomic E-state index is 13.6. The summed E-state index contributed by atoms with van der Waals surface area (Å²) >= 11 is 0. The zero-order valence-electron chi connectivity index (χ0n) is 16.3. The Hall–Kier alpha value is -2.82. The minimum Gasteiger partial charge on any atom is -0.405 e. The number of nitrogens with zero attached hydrogens (tertiary/aromatic N) is 1. The van der Waals surface area contributed by atoms with Crippen LogP contribution in [-0.4, -0.2) is 34.0 Å².